The summed E-state index contributed by atoms with van der Waals surface area (Å²) in [6, 6.07) is 23.4. The lowest BCUT2D eigenvalue weighted by Gasteiger charge is -2.23. The second-order valence-corrected chi connectivity index (χ2v) is 10.9. The Balaban J connectivity index is 2.38. The van der Waals surface area contributed by atoms with Gasteiger partial charge in [-0.1, -0.05) is 105 Å². The van der Waals surface area contributed by atoms with E-state index in [4.69, 9.17) is 0 Å². The summed E-state index contributed by atoms with van der Waals surface area (Å²) in [6.07, 6.45) is 2.38. The highest BCUT2D eigenvalue weighted by Gasteiger charge is 2.22. The molecule has 21 heavy (non-hydrogen) atoms. The molecule has 0 amide bonds. The van der Waals surface area contributed by atoms with Crippen molar-refractivity contribution in [1.82, 2.24) is 0 Å². The molecule has 0 aliphatic heterocycles. The first-order valence-electron chi connectivity index (χ1n) is 8.08. The first-order valence-corrected chi connectivity index (χ1v) is 10.8. The SMILES string of the molecule is CC[Si](/C=C/c1ccccc1-c1ccccc1)(CC)CC. The van der Waals surface area contributed by atoms with Crippen LogP contribution in [-0.2, 0) is 0 Å². The van der Waals surface area contributed by atoms with E-state index >= 15 is 0 Å². The summed E-state index contributed by atoms with van der Waals surface area (Å²) in [6.45, 7) is 7.06. The minimum atomic E-state index is -1.20. The Hall–Kier alpha value is -1.60. The quantitative estimate of drug-likeness (QED) is 0.540. The predicted octanol–water partition coefficient (Wildman–Crippen LogP) is 6.41. The summed E-state index contributed by atoms with van der Waals surface area (Å²) in [5.41, 5.74) is 6.54. The molecule has 0 N–H and O–H groups in total. The van der Waals surface area contributed by atoms with E-state index in [2.05, 4.69) is 87.1 Å². The molecule has 0 bridgehead atoms. The van der Waals surface area contributed by atoms with Crippen LogP contribution in [0.5, 0.6) is 0 Å². The Labute approximate surface area is 130 Å². The van der Waals surface area contributed by atoms with Gasteiger partial charge < -0.3 is 0 Å². The Bertz CT molecular complexity index is 572. The van der Waals surface area contributed by atoms with Gasteiger partial charge in [0.05, 0.1) is 8.07 Å². The normalized spacial score (nSPS) is 12.0. The summed E-state index contributed by atoms with van der Waals surface area (Å²) in [5, 5.41) is 0. The molecule has 0 unspecified atom stereocenters. The minimum Gasteiger partial charge on any atom is -0.0936 e. The zero-order chi connectivity index (χ0) is 15.1. The molecule has 0 heterocycles. The third-order valence-corrected chi connectivity index (χ3v) is 9.87. The van der Waals surface area contributed by atoms with Gasteiger partial charge in [0.1, 0.15) is 0 Å². The Kier molecular flexibility index (Phi) is 5.57. The van der Waals surface area contributed by atoms with Crippen LogP contribution in [0.3, 0.4) is 0 Å². The van der Waals surface area contributed by atoms with Gasteiger partial charge in [0.25, 0.3) is 0 Å². The van der Waals surface area contributed by atoms with Crippen molar-refractivity contribution in [2.75, 3.05) is 0 Å². The third kappa shape index (κ3) is 3.73. The molecule has 0 nitrogen and oxygen atoms in total. The fourth-order valence-corrected chi connectivity index (χ4v) is 5.63. The zero-order valence-corrected chi connectivity index (χ0v) is 14.5. The highest BCUT2D eigenvalue weighted by atomic mass is 28.3. The first-order chi connectivity index (χ1) is 10.2. The summed E-state index contributed by atoms with van der Waals surface area (Å²) >= 11 is 0. The van der Waals surface area contributed by atoms with Crippen LogP contribution >= 0.6 is 0 Å². The molecule has 110 valence electrons. The lowest BCUT2D eigenvalue weighted by atomic mass is 10.00. The fraction of sp³-hybridized carbons (Fsp3) is 0.300. The first kappa shape index (κ1) is 15.8. The van der Waals surface area contributed by atoms with Gasteiger partial charge in [0.15, 0.2) is 0 Å². The van der Waals surface area contributed by atoms with E-state index in [0.29, 0.717) is 0 Å². The molecule has 0 fully saturated rings. The molecule has 0 aromatic heterocycles. The second-order valence-electron chi connectivity index (χ2n) is 5.71. The summed E-state index contributed by atoms with van der Waals surface area (Å²) < 4.78 is 0. The molecule has 0 aliphatic rings. The highest BCUT2D eigenvalue weighted by Crippen LogP contribution is 2.27. The number of rotatable bonds is 6. The van der Waals surface area contributed by atoms with Gasteiger partial charge in [-0.2, -0.15) is 0 Å². The van der Waals surface area contributed by atoms with E-state index in [9.17, 15) is 0 Å². The lowest BCUT2D eigenvalue weighted by molar-refractivity contribution is 1.20. The third-order valence-electron chi connectivity index (χ3n) is 4.77. The standard InChI is InChI=1S/C20H26Si/c1-4-21(5-2,6-3)17-16-19-14-10-11-15-20(19)18-12-8-7-9-13-18/h7-17H,4-6H2,1-3H3/b17-16+. The maximum Gasteiger partial charge on any atom is 0.0770 e. The molecule has 0 radical (unpaired) electrons. The van der Waals surface area contributed by atoms with Crippen molar-refractivity contribution in [3.05, 3.63) is 65.9 Å². The van der Waals surface area contributed by atoms with Gasteiger partial charge >= 0.3 is 0 Å². The summed E-state index contributed by atoms with van der Waals surface area (Å²) in [5.74, 6) is 0. The number of benzene rings is 2. The minimum absolute atomic E-state index is 1.20. The molecular weight excluding hydrogens is 268 g/mol. The van der Waals surface area contributed by atoms with Crippen LogP contribution in [0.25, 0.3) is 17.2 Å². The monoisotopic (exact) mass is 294 g/mol. The van der Waals surface area contributed by atoms with E-state index in [1.807, 2.05) is 0 Å². The van der Waals surface area contributed by atoms with Crippen LogP contribution in [0.1, 0.15) is 26.3 Å². The van der Waals surface area contributed by atoms with E-state index in [1.54, 1.807) is 0 Å². The van der Waals surface area contributed by atoms with Crippen LogP contribution in [0.15, 0.2) is 60.3 Å². The molecule has 0 saturated carbocycles. The maximum atomic E-state index is 2.56. The van der Waals surface area contributed by atoms with Crippen LogP contribution < -0.4 is 0 Å². The van der Waals surface area contributed by atoms with E-state index in [-0.39, 0.29) is 0 Å². The molecule has 0 atom stereocenters. The van der Waals surface area contributed by atoms with Crippen molar-refractivity contribution in [1.29, 1.82) is 0 Å². The van der Waals surface area contributed by atoms with Crippen LogP contribution in [0.4, 0.5) is 0 Å². The molecular formula is C20H26Si. The van der Waals surface area contributed by atoms with Gasteiger partial charge in [0.2, 0.25) is 0 Å². The van der Waals surface area contributed by atoms with Gasteiger partial charge in [-0.3, -0.25) is 0 Å². The van der Waals surface area contributed by atoms with Gasteiger partial charge in [-0.15, -0.1) is 0 Å². The van der Waals surface area contributed by atoms with Crippen molar-refractivity contribution in [3.8, 4) is 11.1 Å². The van der Waals surface area contributed by atoms with E-state index in [1.165, 1.54) is 34.8 Å². The topological polar surface area (TPSA) is 0 Å². The Morgan fingerprint density at radius 1 is 0.762 bits per heavy atom. The van der Waals surface area contributed by atoms with Crippen molar-refractivity contribution >= 4 is 14.1 Å². The molecule has 0 spiro atoms. The van der Waals surface area contributed by atoms with Gasteiger partial charge in [-0.05, 0) is 16.7 Å². The zero-order valence-electron chi connectivity index (χ0n) is 13.5. The largest absolute Gasteiger partial charge is 0.0936 e. The highest BCUT2D eigenvalue weighted by molar-refractivity contribution is 6.84. The van der Waals surface area contributed by atoms with Gasteiger partial charge in [0, 0.05) is 0 Å². The van der Waals surface area contributed by atoms with Crippen LogP contribution in [0, 0.1) is 0 Å². The average Bonchev–Trinajstić information content (AvgIpc) is 2.58. The van der Waals surface area contributed by atoms with E-state index in [0.717, 1.165) is 0 Å². The maximum absolute atomic E-state index is 2.56. The van der Waals surface area contributed by atoms with Crippen LogP contribution in [-0.4, -0.2) is 8.07 Å². The number of hydrogen-bond donors (Lipinski definition) is 0. The molecule has 2 aromatic rings. The Morgan fingerprint density at radius 2 is 1.33 bits per heavy atom. The van der Waals surface area contributed by atoms with Crippen molar-refractivity contribution in [3.63, 3.8) is 0 Å². The van der Waals surface area contributed by atoms with Crippen molar-refractivity contribution < 1.29 is 0 Å². The van der Waals surface area contributed by atoms with Gasteiger partial charge in [-0.25, -0.2) is 0 Å². The fourth-order valence-electron chi connectivity index (χ4n) is 2.89. The molecule has 1 heteroatoms. The molecule has 0 aliphatic carbocycles. The predicted molar refractivity (Wildman–Crippen MR) is 98.1 cm³/mol. The lowest BCUT2D eigenvalue weighted by Crippen LogP contribution is -2.28. The van der Waals surface area contributed by atoms with E-state index < -0.39 is 8.07 Å². The molecule has 2 aromatic carbocycles. The van der Waals surface area contributed by atoms with Crippen molar-refractivity contribution in [2.24, 2.45) is 0 Å². The molecule has 2 rings (SSSR count). The second kappa shape index (κ2) is 7.42. The smallest absolute Gasteiger partial charge is 0.0770 e. The Morgan fingerprint density at radius 3 is 1.95 bits per heavy atom. The summed E-state index contributed by atoms with van der Waals surface area (Å²) in [4.78, 5) is 0. The number of hydrogen-bond acceptors (Lipinski definition) is 0. The van der Waals surface area contributed by atoms with Crippen molar-refractivity contribution in [2.45, 2.75) is 38.9 Å². The average molecular weight is 295 g/mol. The van der Waals surface area contributed by atoms with Crippen LogP contribution in [0.2, 0.25) is 18.1 Å². The molecule has 0 saturated heterocycles. The summed E-state index contributed by atoms with van der Waals surface area (Å²) in [7, 11) is -1.20.